The number of sulfonamides is 1. The van der Waals surface area contributed by atoms with Crippen LogP contribution in [0.25, 0.3) is 0 Å². The molecule has 1 aromatic heterocycles. The summed E-state index contributed by atoms with van der Waals surface area (Å²) in [4.78, 5) is 16.6. The second-order valence-electron chi connectivity index (χ2n) is 4.44. The summed E-state index contributed by atoms with van der Waals surface area (Å²) in [5.41, 5.74) is 0. The molecule has 0 saturated carbocycles. The minimum atomic E-state index is -3.59. The zero-order valence-corrected chi connectivity index (χ0v) is 11.6. The smallest absolute Gasteiger partial charge is 0.244 e. The topological polar surface area (TPSA) is 85.5 Å². The monoisotopic (exact) mass is 286 g/mol. The number of aromatic amines is 1. The Morgan fingerprint density at radius 3 is 2.68 bits per heavy atom. The predicted octanol–water partition coefficient (Wildman–Crippen LogP) is -0.933. The number of amides is 1. The zero-order valence-electron chi connectivity index (χ0n) is 10.8. The van der Waals surface area contributed by atoms with Crippen LogP contribution in [0.15, 0.2) is 23.4 Å². The van der Waals surface area contributed by atoms with E-state index in [1.165, 1.54) is 19.3 Å². The van der Waals surface area contributed by atoms with Gasteiger partial charge in [0.05, 0.1) is 11.4 Å². The molecule has 2 N–H and O–H groups in total. The van der Waals surface area contributed by atoms with Gasteiger partial charge in [0.1, 0.15) is 0 Å². The number of hydrogen-bond donors (Lipinski definition) is 2. The van der Waals surface area contributed by atoms with Crippen LogP contribution in [0, 0.1) is 0 Å². The molecule has 1 amide bonds. The van der Waals surface area contributed by atoms with Crippen molar-refractivity contribution in [2.24, 2.45) is 0 Å². The molecule has 7 nitrogen and oxygen atoms in total. The first-order chi connectivity index (χ1) is 9.01. The molecule has 1 aliphatic heterocycles. The summed E-state index contributed by atoms with van der Waals surface area (Å²) in [6, 6.07) is 1.47. The van der Waals surface area contributed by atoms with Gasteiger partial charge in [0.15, 0.2) is 0 Å². The van der Waals surface area contributed by atoms with E-state index in [1.54, 1.807) is 11.1 Å². The van der Waals surface area contributed by atoms with Crippen LogP contribution in [0.2, 0.25) is 0 Å². The Kier molecular flexibility index (Phi) is 4.23. The number of aromatic nitrogens is 1. The Morgan fingerprint density at radius 1 is 1.42 bits per heavy atom. The van der Waals surface area contributed by atoms with Gasteiger partial charge in [-0.2, -0.15) is 4.31 Å². The molecule has 0 spiro atoms. The van der Waals surface area contributed by atoms with Crippen molar-refractivity contribution in [2.75, 3.05) is 39.8 Å². The lowest BCUT2D eigenvalue weighted by molar-refractivity contribution is -0.131. The van der Waals surface area contributed by atoms with Crippen LogP contribution in [0.5, 0.6) is 0 Å². The fourth-order valence-corrected chi connectivity index (χ4v) is 3.04. The van der Waals surface area contributed by atoms with Gasteiger partial charge in [0, 0.05) is 45.6 Å². The summed E-state index contributed by atoms with van der Waals surface area (Å²) >= 11 is 0. The van der Waals surface area contributed by atoms with Crippen molar-refractivity contribution >= 4 is 15.9 Å². The molecule has 19 heavy (non-hydrogen) atoms. The molecule has 0 aliphatic carbocycles. The van der Waals surface area contributed by atoms with Gasteiger partial charge in [-0.1, -0.05) is 0 Å². The second kappa shape index (κ2) is 5.72. The molecule has 0 unspecified atom stereocenters. The lowest BCUT2D eigenvalue weighted by atomic mass is 10.3. The number of piperazine rings is 1. The third kappa shape index (κ3) is 3.14. The van der Waals surface area contributed by atoms with E-state index >= 15 is 0 Å². The standard InChI is InChI=1S/C11H18N4O3S/c1-14(19(17,18)10-2-3-13-8-10)9-11(16)15-6-4-12-5-7-15/h2-3,8,12-13H,4-7,9H2,1H3. The minimum Gasteiger partial charge on any atom is -0.366 e. The number of rotatable bonds is 4. The van der Waals surface area contributed by atoms with Crippen molar-refractivity contribution < 1.29 is 13.2 Å². The first-order valence-electron chi connectivity index (χ1n) is 6.09. The van der Waals surface area contributed by atoms with E-state index in [2.05, 4.69) is 10.3 Å². The van der Waals surface area contributed by atoms with Gasteiger partial charge in [-0.3, -0.25) is 4.79 Å². The number of carbonyl (C=O) groups excluding carboxylic acids is 1. The fraction of sp³-hybridized carbons (Fsp3) is 0.545. The summed E-state index contributed by atoms with van der Waals surface area (Å²) < 4.78 is 25.4. The van der Waals surface area contributed by atoms with Crippen LogP contribution in [-0.2, 0) is 14.8 Å². The van der Waals surface area contributed by atoms with Crippen LogP contribution in [0.4, 0.5) is 0 Å². The number of hydrogen-bond acceptors (Lipinski definition) is 4. The Labute approximate surface area is 112 Å². The highest BCUT2D eigenvalue weighted by atomic mass is 32.2. The Balaban J connectivity index is 2.00. The molecule has 8 heteroatoms. The molecule has 1 saturated heterocycles. The van der Waals surface area contributed by atoms with Crippen molar-refractivity contribution in [3.8, 4) is 0 Å². The van der Waals surface area contributed by atoms with Gasteiger partial charge in [0.25, 0.3) is 0 Å². The van der Waals surface area contributed by atoms with Crippen molar-refractivity contribution in [3.05, 3.63) is 18.5 Å². The summed E-state index contributed by atoms with van der Waals surface area (Å²) in [5.74, 6) is -0.164. The Bertz CT molecular complexity index is 520. The highest BCUT2D eigenvalue weighted by molar-refractivity contribution is 7.89. The number of carbonyl (C=O) groups is 1. The van der Waals surface area contributed by atoms with E-state index in [0.29, 0.717) is 13.1 Å². The number of likely N-dealkylation sites (N-methyl/N-ethyl adjacent to an activating group) is 1. The molecule has 0 atom stereocenters. The Hall–Kier alpha value is -1.38. The fourth-order valence-electron chi connectivity index (χ4n) is 1.94. The lowest BCUT2D eigenvalue weighted by Gasteiger charge is -2.29. The molecule has 2 heterocycles. The maximum Gasteiger partial charge on any atom is 0.244 e. The highest BCUT2D eigenvalue weighted by Crippen LogP contribution is 2.12. The van der Waals surface area contributed by atoms with Crippen LogP contribution in [0.1, 0.15) is 0 Å². The third-order valence-corrected chi connectivity index (χ3v) is 4.90. The quantitative estimate of drug-likeness (QED) is 0.748. The van der Waals surface area contributed by atoms with Gasteiger partial charge in [-0.25, -0.2) is 8.42 Å². The van der Waals surface area contributed by atoms with E-state index in [4.69, 9.17) is 0 Å². The summed E-state index contributed by atoms with van der Waals surface area (Å²) in [5, 5.41) is 3.15. The maximum atomic E-state index is 12.1. The van der Waals surface area contributed by atoms with Crippen molar-refractivity contribution in [2.45, 2.75) is 4.90 Å². The number of H-pyrrole nitrogens is 1. The van der Waals surface area contributed by atoms with Gasteiger partial charge < -0.3 is 15.2 Å². The molecule has 1 aromatic rings. The number of nitrogens with zero attached hydrogens (tertiary/aromatic N) is 2. The van der Waals surface area contributed by atoms with Gasteiger partial charge in [-0.05, 0) is 6.07 Å². The van der Waals surface area contributed by atoms with Crippen LogP contribution >= 0.6 is 0 Å². The molecule has 0 radical (unpaired) electrons. The molecule has 0 bridgehead atoms. The predicted molar refractivity (Wildman–Crippen MR) is 70.1 cm³/mol. The summed E-state index contributed by atoms with van der Waals surface area (Å²) in [6.45, 7) is 2.61. The van der Waals surface area contributed by atoms with E-state index in [9.17, 15) is 13.2 Å². The van der Waals surface area contributed by atoms with Crippen LogP contribution in [-0.4, -0.2) is 68.3 Å². The first-order valence-corrected chi connectivity index (χ1v) is 7.53. The molecule has 1 fully saturated rings. The zero-order chi connectivity index (χ0) is 13.9. The van der Waals surface area contributed by atoms with Crippen molar-refractivity contribution in [3.63, 3.8) is 0 Å². The SMILES string of the molecule is CN(CC(=O)N1CCNCC1)S(=O)(=O)c1cc[nH]c1. The summed E-state index contributed by atoms with van der Waals surface area (Å²) in [7, 11) is -2.17. The third-order valence-electron chi connectivity index (χ3n) is 3.11. The average Bonchev–Trinajstić information content (AvgIpc) is 2.94. The second-order valence-corrected chi connectivity index (χ2v) is 6.48. The molecule has 106 valence electrons. The van der Waals surface area contributed by atoms with Crippen LogP contribution < -0.4 is 5.32 Å². The molecular formula is C11H18N4O3S. The lowest BCUT2D eigenvalue weighted by Crippen LogP contribution is -2.49. The largest absolute Gasteiger partial charge is 0.366 e. The number of nitrogens with one attached hydrogen (secondary N) is 2. The Morgan fingerprint density at radius 2 is 2.11 bits per heavy atom. The maximum absolute atomic E-state index is 12.1. The van der Waals surface area contributed by atoms with E-state index in [1.807, 2.05) is 0 Å². The van der Waals surface area contributed by atoms with Gasteiger partial charge >= 0.3 is 0 Å². The van der Waals surface area contributed by atoms with E-state index < -0.39 is 10.0 Å². The van der Waals surface area contributed by atoms with E-state index in [0.717, 1.165) is 17.4 Å². The minimum absolute atomic E-state index is 0.131. The van der Waals surface area contributed by atoms with Crippen molar-refractivity contribution in [1.29, 1.82) is 0 Å². The van der Waals surface area contributed by atoms with Gasteiger partial charge in [0.2, 0.25) is 15.9 Å². The molecule has 0 aromatic carbocycles. The van der Waals surface area contributed by atoms with E-state index in [-0.39, 0.29) is 17.3 Å². The molecule has 2 rings (SSSR count). The summed E-state index contributed by atoms with van der Waals surface area (Å²) in [6.07, 6.45) is 2.94. The van der Waals surface area contributed by atoms with Crippen LogP contribution in [0.3, 0.4) is 0 Å². The van der Waals surface area contributed by atoms with Crippen molar-refractivity contribution in [1.82, 2.24) is 19.5 Å². The highest BCUT2D eigenvalue weighted by Gasteiger charge is 2.25. The average molecular weight is 286 g/mol. The van der Waals surface area contributed by atoms with Gasteiger partial charge in [-0.15, -0.1) is 0 Å². The normalized spacial score (nSPS) is 16.8. The first kappa shape index (κ1) is 14.0. The molecule has 1 aliphatic rings. The molecular weight excluding hydrogens is 268 g/mol.